The highest BCUT2D eigenvalue weighted by atomic mass is 15.0. The van der Waals surface area contributed by atoms with Gasteiger partial charge in [-0.1, -0.05) is 30.3 Å². The molecular formula is C14H16N2. The number of hydrogen-bond acceptors (Lipinski definition) is 2. The quantitative estimate of drug-likeness (QED) is 0.777. The number of aromatic nitrogens is 1. The fraction of sp³-hybridized carbons (Fsp3) is 0.214. The molecule has 0 amide bonds. The monoisotopic (exact) mass is 212 g/mol. The summed E-state index contributed by atoms with van der Waals surface area (Å²) in [5.41, 5.74) is 3.57. The summed E-state index contributed by atoms with van der Waals surface area (Å²) < 4.78 is 0. The van der Waals surface area contributed by atoms with Crippen LogP contribution in [0.1, 0.15) is 5.56 Å². The van der Waals surface area contributed by atoms with Crippen molar-refractivity contribution < 1.29 is 0 Å². The summed E-state index contributed by atoms with van der Waals surface area (Å²) in [6.45, 7) is 0.937. The molecule has 0 radical (unpaired) electrons. The molecular weight excluding hydrogens is 196 g/mol. The van der Waals surface area contributed by atoms with Crippen molar-refractivity contribution in [1.82, 2.24) is 9.88 Å². The largest absolute Gasteiger partial charge is 0.305 e. The molecule has 2 rings (SSSR count). The number of benzene rings is 1. The van der Waals surface area contributed by atoms with E-state index in [1.165, 1.54) is 11.1 Å². The van der Waals surface area contributed by atoms with Crippen molar-refractivity contribution in [2.45, 2.75) is 6.54 Å². The molecule has 0 bridgehead atoms. The van der Waals surface area contributed by atoms with Gasteiger partial charge in [0.25, 0.3) is 0 Å². The Hall–Kier alpha value is -1.67. The molecule has 2 aromatic rings. The van der Waals surface area contributed by atoms with Crippen LogP contribution in [0.25, 0.3) is 11.3 Å². The first kappa shape index (κ1) is 10.8. The van der Waals surface area contributed by atoms with E-state index in [9.17, 15) is 0 Å². The van der Waals surface area contributed by atoms with Gasteiger partial charge in [-0.25, -0.2) is 0 Å². The van der Waals surface area contributed by atoms with Gasteiger partial charge in [-0.15, -0.1) is 0 Å². The first-order valence-electron chi connectivity index (χ1n) is 5.41. The summed E-state index contributed by atoms with van der Waals surface area (Å²) >= 11 is 0. The summed E-state index contributed by atoms with van der Waals surface area (Å²) in [5, 5.41) is 0. The maximum Gasteiger partial charge on any atom is 0.0705 e. The molecule has 0 saturated heterocycles. The zero-order valence-corrected chi connectivity index (χ0v) is 9.72. The Labute approximate surface area is 96.6 Å². The van der Waals surface area contributed by atoms with Crippen molar-refractivity contribution in [2.75, 3.05) is 14.1 Å². The van der Waals surface area contributed by atoms with Crippen LogP contribution in [0.15, 0.2) is 48.7 Å². The molecule has 2 heteroatoms. The van der Waals surface area contributed by atoms with Gasteiger partial charge in [0.15, 0.2) is 0 Å². The molecule has 1 heterocycles. The highest BCUT2D eigenvalue weighted by molar-refractivity contribution is 5.63. The van der Waals surface area contributed by atoms with E-state index < -0.39 is 0 Å². The maximum atomic E-state index is 4.40. The van der Waals surface area contributed by atoms with E-state index in [1.807, 2.05) is 18.3 Å². The Morgan fingerprint density at radius 3 is 2.44 bits per heavy atom. The van der Waals surface area contributed by atoms with Crippen molar-refractivity contribution in [3.63, 3.8) is 0 Å². The summed E-state index contributed by atoms with van der Waals surface area (Å²) in [6, 6.07) is 14.4. The molecule has 0 unspecified atom stereocenters. The van der Waals surface area contributed by atoms with E-state index in [4.69, 9.17) is 0 Å². The minimum Gasteiger partial charge on any atom is -0.305 e. The van der Waals surface area contributed by atoms with Crippen molar-refractivity contribution in [1.29, 1.82) is 0 Å². The minimum absolute atomic E-state index is 0.937. The zero-order chi connectivity index (χ0) is 11.4. The second kappa shape index (κ2) is 4.90. The van der Waals surface area contributed by atoms with Crippen LogP contribution in [-0.4, -0.2) is 24.0 Å². The van der Waals surface area contributed by atoms with Crippen LogP contribution in [0, 0.1) is 0 Å². The predicted molar refractivity (Wildman–Crippen MR) is 67.1 cm³/mol. The Morgan fingerprint density at radius 1 is 1.00 bits per heavy atom. The van der Waals surface area contributed by atoms with E-state index in [2.05, 4.69) is 54.3 Å². The van der Waals surface area contributed by atoms with Crippen molar-refractivity contribution >= 4 is 0 Å². The van der Waals surface area contributed by atoms with Crippen molar-refractivity contribution in [2.24, 2.45) is 0 Å². The van der Waals surface area contributed by atoms with Crippen LogP contribution in [0.3, 0.4) is 0 Å². The van der Waals surface area contributed by atoms with Gasteiger partial charge in [0.1, 0.15) is 0 Å². The molecule has 0 fully saturated rings. The van der Waals surface area contributed by atoms with Gasteiger partial charge in [0, 0.05) is 18.3 Å². The van der Waals surface area contributed by atoms with Crippen LogP contribution in [0.2, 0.25) is 0 Å². The Morgan fingerprint density at radius 2 is 1.75 bits per heavy atom. The zero-order valence-electron chi connectivity index (χ0n) is 9.72. The molecule has 0 N–H and O–H groups in total. The Kier molecular flexibility index (Phi) is 3.32. The van der Waals surface area contributed by atoms with Crippen LogP contribution in [0.5, 0.6) is 0 Å². The molecule has 1 aromatic heterocycles. The Bertz CT molecular complexity index is 449. The van der Waals surface area contributed by atoms with Gasteiger partial charge in [-0.3, -0.25) is 4.98 Å². The van der Waals surface area contributed by atoms with Crippen molar-refractivity contribution in [3.05, 3.63) is 54.2 Å². The lowest BCUT2D eigenvalue weighted by Gasteiger charge is -2.13. The fourth-order valence-electron chi connectivity index (χ4n) is 1.77. The molecule has 1 aromatic carbocycles. The SMILES string of the molecule is CN(C)Cc1ccccc1-c1ccccn1. The highest BCUT2D eigenvalue weighted by Gasteiger charge is 2.05. The lowest BCUT2D eigenvalue weighted by molar-refractivity contribution is 0.403. The highest BCUT2D eigenvalue weighted by Crippen LogP contribution is 2.21. The molecule has 2 nitrogen and oxygen atoms in total. The molecule has 0 atom stereocenters. The van der Waals surface area contributed by atoms with Gasteiger partial charge < -0.3 is 4.90 Å². The molecule has 0 aliphatic heterocycles. The third-order valence-electron chi connectivity index (χ3n) is 2.44. The number of hydrogen-bond donors (Lipinski definition) is 0. The smallest absolute Gasteiger partial charge is 0.0705 e. The minimum atomic E-state index is 0.937. The maximum absolute atomic E-state index is 4.40. The lowest BCUT2D eigenvalue weighted by atomic mass is 10.0. The fourth-order valence-corrected chi connectivity index (χ4v) is 1.77. The van der Waals surface area contributed by atoms with E-state index in [1.54, 1.807) is 0 Å². The Balaban J connectivity index is 2.41. The van der Waals surface area contributed by atoms with Gasteiger partial charge in [-0.05, 0) is 31.8 Å². The normalized spacial score (nSPS) is 10.7. The molecule has 0 saturated carbocycles. The molecule has 0 aliphatic carbocycles. The van der Waals surface area contributed by atoms with Crippen LogP contribution in [0.4, 0.5) is 0 Å². The predicted octanol–water partition coefficient (Wildman–Crippen LogP) is 2.81. The average molecular weight is 212 g/mol. The number of nitrogens with zero attached hydrogens (tertiary/aromatic N) is 2. The lowest BCUT2D eigenvalue weighted by Crippen LogP contribution is -2.11. The molecule has 16 heavy (non-hydrogen) atoms. The average Bonchev–Trinajstić information content (AvgIpc) is 2.30. The standard InChI is InChI=1S/C14H16N2/c1-16(2)11-12-7-3-4-8-13(12)14-9-5-6-10-15-14/h3-10H,11H2,1-2H3. The van der Waals surface area contributed by atoms with Crippen LogP contribution < -0.4 is 0 Å². The molecule has 0 aliphatic rings. The van der Waals surface area contributed by atoms with E-state index in [0.717, 1.165) is 12.2 Å². The molecule has 0 spiro atoms. The van der Waals surface area contributed by atoms with Crippen LogP contribution in [-0.2, 0) is 6.54 Å². The molecule has 82 valence electrons. The topological polar surface area (TPSA) is 16.1 Å². The summed E-state index contributed by atoms with van der Waals surface area (Å²) in [6.07, 6.45) is 1.84. The number of pyridine rings is 1. The number of rotatable bonds is 3. The summed E-state index contributed by atoms with van der Waals surface area (Å²) in [7, 11) is 4.16. The third kappa shape index (κ3) is 2.47. The van der Waals surface area contributed by atoms with Gasteiger partial charge >= 0.3 is 0 Å². The van der Waals surface area contributed by atoms with E-state index >= 15 is 0 Å². The first-order valence-corrected chi connectivity index (χ1v) is 5.41. The van der Waals surface area contributed by atoms with Crippen LogP contribution >= 0.6 is 0 Å². The van der Waals surface area contributed by atoms with E-state index in [-0.39, 0.29) is 0 Å². The van der Waals surface area contributed by atoms with Gasteiger partial charge in [0.2, 0.25) is 0 Å². The third-order valence-corrected chi connectivity index (χ3v) is 2.44. The second-order valence-electron chi connectivity index (χ2n) is 4.11. The van der Waals surface area contributed by atoms with E-state index in [0.29, 0.717) is 0 Å². The summed E-state index contributed by atoms with van der Waals surface area (Å²) in [4.78, 5) is 6.57. The summed E-state index contributed by atoms with van der Waals surface area (Å²) in [5.74, 6) is 0. The second-order valence-corrected chi connectivity index (χ2v) is 4.11. The van der Waals surface area contributed by atoms with Crippen molar-refractivity contribution in [3.8, 4) is 11.3 Å². The van der Waals surface area contributed by atoms with Gasteiger partial charge in [0.05, 0.1) is 5.69 Å². The first-order chi connectivity index (χ1) is 7.77. The van der Waals surface area contributed by atoms with Gasteiger partial charge in [-0.2, -0.15) is 0 Å².